The van der Waals surface area contributed by atoms with Gasteiger partial charge in [-0.15, -0.1) is 0 Å². The monoisotopic (exact) mass is 1310 g/mol. The second-order valence-corrected chi connectivity index (χ2v) is 31.7. The molecule has 0 saturated carbocycles. The average molecular weight is 1310 g/mol. The van der Waals surface area contributed by atoms with E-state index >= 15 is 0 Å². The molecule has 1 aliphatic heterocycles. The molecule has 17 rings (SSSR count). The molecule has 16 aromatic carbocycles. The smallest absolute Gasteiger partial charge is 0.399 e. The van der Waals surface area contributed by atoms with Crippen LogP contribution in [0.1, 0.15) is 107 Å². The average Bonchev–Trinajstić information content (AvgIpc) is 1.22. The lowest BCUT2D eigenvalue weighted by molar-refractivity contribution is 0.00578. The van der Waals surface area contributed by atoms with Crippen LogP contribution in [-0.4, -0.2) is 18.3 Å². The summed E-state index contributed by atoms with van der Waals surface area (Å²) in [6.07, 6.45) is 0. The van der Waals surface area contributed by atoms with Crippen LogP contribution < -0.4 is 5.46 Å². The van der Waals surface area contributed by atoms with E-state index in [1.807, 2.05) is 0 Å². The molecule has 1 aliphatic rings. The van der Waals surface area contributed by atoms with Gasteiger partial charge in [0.15, 0.2) is 0 Å². The number of hydrogen-bond donors (Lipinski definition) is 0. The standard InChI is InChI=1S/C50H40.C26H29BO2.C10H6Br2/c1-49(2,3)39-25-35-13-7-29-15-19-41(43-21-17-37(27-39)45(35)47(29)43)33-11-9-32-24-34(12-10-31(32)23-33)42-20-16-30-8-14-36-26-40(50(4,5)6)28-38-18-22-44(42)48(30)46(36)38;1-24(2,3)19-14-17-9-8-16-11-13-21(27-28-25(4,5)26(6,7)29-27)20-12-10-18(15-19)22(17)23(16)20;11-9-3-1-7-5-10(12)4-2-8(7)6-9/h7-28H,1-6H3;8-15H,1-7H3;1-6H. The van der Waals surface area contributed by atoms with Gasteiger partial charge in [0, 0.05) is 8.95 Å². The van der Waals surface area contributed by atoms with Gasteiger partial charge in [0.05, 0.1) is 11.2 Å². The Morgan fingerprint density at radius 1 is 0.275 bits per heavy atom. The summed E-state index contributed by atoms with van der Waals surface area (Å²) in [5.41, 5.74) is 10.0. The van der Waals surface area contributed by atoms with Crippen LogP contribution in [-0.2, 0) is 25.6 Å². The highest BCUT2D eigenvalue weighted by molar-refractivity contribution is 9.10. The quantitative estimate of drug-likeness (QED) is 0.130. The summed E-state index contributed by atoms with van der Waals surface area (Å²) in [5.74, 6) is 0. The van der Waals surface area contributed by atoms with Crippen LogP contribution in [0.4, 0.5) is 0 Å². The number of halogens is 2. The maximum atomic E-state index is 6.38. The molecule has 1 saturated heterocycles. The lowest BCUT2D eigenvalue weighted by atomic mass is 9.74. The fraction of sp³-hybridized carbons (Fsp3) is 0.209. The SMILES string of the molecule is Brc1ccc2cc(Br)ccc2c1.CC(C)(C)c1cc2ccc3ccc(-c4ccc5cc(-c6ccc7ccc8cc(C(C)(C)C)cc9ccc6c7c89)ccc5c4)c4ccc(c1)c2c34.CC(C)(C)c1cc2ccc3ccc(B4OC(C)(C)C(C)(C)O4)c4ccc(c1)c2c34. The van der Waals surface area contributed by atoms with E-state index in [0.29, 0.717) is 0 Å². The van der Waals surface area contributed by atoms with Gasteiger partial charge in [-0.25, -0.2) is 0 Å². The van der Waals surface area contributed by atoms with E-state index in [9.17, 15) is 0 Å². The van der Waals surface area contributed by atoms with Crippen LogP contribution in [0.3, 0.4) is 0 Å². The molecule has 0 aromatic heterocycles. The molecule has 16 aromatic rings. The van der Waals surface area contributed by atoms with Gasteiger partial charge in [0.2, 0.25) is 0 Å². The molecule has 0 N–H and O–H groups in total. The summed E-state index contributed by atoms with van der Waals surface area (Å²) in [6, 6.07) is 82.0. The molecule has 0 aliphatic carbocycles. The Bertz CT molecular complexity index is 5260. The Kier molecular flexibility index (Phi) is 13.9. The summed E-state index contributed by atoms with van der Waals surface area (Å²) in [5, 5.41) is 28.9. The predicted octanol–water partition coefficient (Wildman–Crippen LogP) is 25.1. The highest BCUT2D eigenvalue weighted by atomic mass is 79.9. The lowest BCUT2D eigenvalue weighted by Gasteiger charge is -2.32. The van der Waals surface area contributed by atoms with Crippen LogP contribution in [0.5, 0.6) is 0 Å². The minimum absolute atomic E-state index is 0.108. The van der Waals surface area contributed by atoms with E-state index in [1.54, 1.807) is 0 Å². The topological polar surface area (TPSA) is 18.5 Å². The second kappa shape index (κ2) is 21.3. The number of hydrogen-bond acceptors (Lipinski definition) is 2. The summed E-state index contributed by atoms with van der Waals surface area (Å²) >= 11 is 6.88. The highest BCUT2D eigenvalue weighted by Gasteiger charge is 2.52. The first-order chi connectivity index (χ1) is 43.2. The summed E-state index contributed by atoms with van der Waals surface area (Å²) in [4.78, 5) is 0. The maximum absolute atomic E-state index is 6.38. The van der Waals surface area contributed by atoms with E-state index < -0.39 is 0 Å². The van der Waals surface area contributed by atoms with E-state index in [-0.39, 0.29) is 34.6 Å². The number of fused-ring (bicyclic) bond motifs is 2. The maximum Gasteiger partial charge on any atom is 0.495 e. The number of benzene rings is 16. The minimum atomic E-state index is -0.352. The Morgan fingerprint density at radius 2 is 0.549 bits per heavy atom. The molecule has 2 nitrogen and oxygen atoms in total. The fourth-order valence-electron chi connectivity index (χ4n) is 14.2. The molecule has 0 atom stereocenters. The normalized spacial score (nSPS) is 14.6. The molecule has 1 fully saturated rings. The Morgan fingerprint density at radius 3 is 0.912 bits per heavy atom. The molecule has 0 spiro atoms. The van der Waals surface area contributed by atoms with E-state index in [2.05, 4.69) is 340 Å². The van der Waals surface area contributed by atoms with Crippen LogP contribution in [0.15, 0.2) is 227 Å². The molecule has 91 heavy (non-hydrogen) atoms. The van der Waals surface area contributed by atoms with E-state index in [4.69, 9.17) is 9.31 Å². The summed E-state index contributed by atoms with van der Waals surface area (Å²) in [7, 11) is -0.352. The fourth-order valence-corrected chi connectivity index (χ4v) is 15.0. The van der Waals surface area contributed by atoms with Crippen molar-refractivity contribution >= 4 is 163 Å². The molecular formula is C86H75BBr2O2. The van der Waals surface area contributed by atoms with Gasteiger partial charge >= 0.3 is 7.12 Å². The van der Waals surface area contributed by atoms with Gasteiger partial charge in [0.1, 0.15) is 0 Å². The Balaban J connectivity index is 0.000000140. The molecule has 0 unspecified atom stereocenters. The minimum Gasteiger partial charge on any atom is -0.399 e. The third-order valence-corrected chi connectivity index (χ3v) is 21.1. The van der Waals surface area contributed by atoms with E-state index in [0.717, 1.165) is 14.4 Å². The molecule has 448 valence electrons. The van der Waals surface area contributed by atoms with Gasteiger partial charge < -0.3 is 9.31 Å². The van der Waals surface area contributed by atoms with Gasteiger partial charge in [0.25, 0.3) is 0 Å². The van der Waals surface area contributed by atoms with Gasteiger partial charge in [-0.1, -0.05) is 276 Å². The molecule has 1 heterocycles. The Labute approximate surface area is 552 Å². The summed E-state index contributed by atoms with van der Waals surface area (Å²) in [6.45, 7) is 29.1. The first kappa shape index (κ1) is 59.4. The Hall–Kier alpha value is -7.90. The lowest BCUT2D eigenvalue weighted by Crippen LogP contribution is -2.41. The van der Waals surface area contributed by atoms with Crippen LogP contribution in [0.25, 0.3) is 141 Å². The highest BCUT2D eigenvalue weighted by Crippen LogP contribution is 2.46. The molecule has 5 heteroatoms. The second-order valence-electron chi connectivity index (χ2n) is 29.9. The predicted molar refractivity (Wildman–Crippen MR) is 404 cm³/mol. The van der Waals surface area contributed by atoms with Crippen molar-refractivity contribution in [3.8, 4) is 22.3 Å². The van der Waals surface area contributed by atoms with Crippen molar-refractivity contribution in [1.29, 1.82) is 0 Å². The largest absolute Gasteiger partial charge is 0.495 e. The van der Waals surface area contributed by atoms with Gasteiger partial charge in [-0.05, 0) is 243 Å². The van der Waals surface area contributed by atoms with Crippen molar-refractivity contribution in [2.24, 2.45) is 0 Å². The molecule has 0 radical (unpaired) electrons. The summed E-state index contributed by atoms with van der Waals surface area (Å²) < 4.78 is 15.0. The van der Waals surface area contributed by atoms with Crippen molar-refractivity contribution in [2.75, 3.05) is 0 Å². The van der Waals surface area contributed by atoms with Crippen LogP contribution in [0, 0.1) is 0 Å². The third kappa shape index (κ3) is 10.3. The van der Waals surface area contributed by atoms with Crippen LogP contribution >= 0.6 is 31.9 Å². The molecule has 0 bridgehead atoms. The zero-order valence-corrected chi connectivity index (χ0v) is 57.6. The number of rotatable bonds is 3. The third-order valence-electron chi connectivity index (χ3n) is 20.2. The molecule has 0 amide bonds. The first-order valence-corrected chi connectivity index (χ1v) is 33.7. The van der Waals surface area contributed by atoms with E-state index in [1.165, 1.54) is 157 Å². The van der Waals surface area contributed by atoms with Crippen molar-refractivity contribution in [2.45, 2.75) is 117 Å². The first-order valence-electron chi connectivity index (χ1n) is 32.2. The molecular weight excluding hydrogens is 1240 g/mol. The van der Waals surface area contributed by atoms with Crippen molar-refractivity contribution in [3.63, 3.8) is 0 Å². The van der Waals surface area contributed by atoms with Crippen molar-refractivity contribution in [3.05, 3.63) is 244 Å². The zero-order chi connectivity index (χ0) is 63.4. The van der Waals surface area contributed by atoms with Crippen molar-refractivity contribution < 1.29 is 9.31 Å². The van der Waals surface area contributed by atoms with Crippen molar-refractivity contribution in [1.82, 2.24) is 0 Å². The van der Waals surface area contributed by atoms with Gasteiger partial charge in [-0.3, -0.25) is 0 Å². The van der Waals surface area contributed by atoms with Crippen LogP contribution in [0.2, 0.25) is 0 Å². The zero-order valence-electron chi connectivity index (χ0n) is 54.4. The van der Waals surface area contributed by atoms with Gasteiger partial charge in [-0.2, -0.15) is 0 Å².